The Morgan fingerprint density at radius 2 is 2.04 bits per heavy atom. The minimum absolute atomic E-state index is 0.461. The first-order valence-corrected chi connectivity index (χ1v) is 9.64. The average molecular weight is 411 g/mol. The number of hydrogen-bond acceptors (Lipinski definition) is 2. The molecular weight excluding hydrogens is 386 g/mol. The summed E-state index contributed by atoms with van der Waals surface area (Å²) >= 11 is 9.49. The number of aryl methyl sites for hydroxylation is 1. The smallest absolute Gasteiger partial charge is 0.132 e. The predicted molar refractivity (Wildman–Crippen MR) is 105 cm³/mol. The SMILES string of the molecule is CC1CCC(=O)CC1.CCC/C=C(/Br)c1cc(C#N)c(Cl)cc1C. The van der Waals surface area contributed by atoms with Crippen LogP contribution in [0.25, 0.3) is 4.48 Å². The van der Waals surface area contributed by atoms with Crippen molar-refractivity contribution in [2.24, 2.45) is 5.92 Å². The Morgan fingerprint density at radius 1 is 1.42 bits per heavy atom. The second kappa shape index (κ2) is 10.7. The molecule has 0 radical (unpaired) electrons. The van der Waals surface area contributed by atoms with Crippen molar-refractivity contribution in [1.82, 2.24) is 0 Å². The fraction of sp³-hybridized carbons (Fsp3) is 0.500. The van der Waals surface area contributed by atoms with Crippen LogP contribution in [0, 0.1) is 24.2 Å². The van der Waals surface area contributed by atoms with Crippen LogP contribution in [0.1, 0.15) is 69.1 Å². The van der Waals surface area contributed by atoms with Crippen molar-refractivity contribution >= 4 is 37.8 Å². The summed E-state index contributed by atoms with van der Waals surface area (Å²) in [5.74, 6) is 1.26. The number of allylic oxidation sites excluding steroid dienone is 1. The Morgan fingerprint density at radius 3 is 2.54 bits per heavy atom. The van der Waals surface area contributed by atoms with Gasteiger partial charge >= 0.3 is 0 Å². The van der Waals surface area contributed by atoms with Gasteiger partial charge in [-0.05, 0) is 55.4 Å². The Balaban J connectivity index is 0.000000300. The van der Waals surface area contributed by atoms with Crippen molar-refractivity contribution in [3.63, 3.8) is 0 Å². The van der Waals surface area contributed by atoms with Crippen molar-refractivity contribution in [3.8, 4) is 6.07 Å². The maximum atomic E-state index is 10.6. The number of rotatable bonds is 3. The van der Waals surface area contributed by atoms with Crippen LogP contribution in [0.15, 0.2) is 18.2 Å². The molecule has 0 aliphatic heterocycles. The van der Waals surface area contributed by atoms with Gasteiger partial charge < -0.3 is 0 Å². The minimum atomic E-state index is 0.461. The molecule has 0 amide bonds. The lowest BCUT2D eigenvalue weighted by Crippen LogP contribution is -2.10. The summed E-state index contributed by atoms with van der Waals surface area (Å²) < 4.78 is 1.03. The highest BCUT2D eigenvalue weighted by molar-refractivity contribution is 9.15. The zero-order valence-corrected chi connectivity index (χ0v) is 17.0. The summed E-state index contributed by atoms with van der Waals surface area (Å²) in [5.41, 5.74) is 2.63. The molecule has 0 N–H and O–H groups in total. The van der Waals surface area contributed by atoms with Crippen molar-refractivity contribution in [2.75, 3.05) is 0 Å². The lowest BCUT2D eigenvalue weighted by Gasteiger charge is -2.14. The summed E-state index contributed by atoms with van der Waals surface area (Å²) in [4.78, 5) is 10.6. The average Bonchev–Trinajstić information content (AvgIpc) is 2.56. The third-order valence-electron chi connectivity index (χ3n) is 4.14. The molecule has 0 spiro atoms. The quantitative estimate of drug-likeness (QED) is 0.548. The van der Waals surface area contributed by atoms with Gasteiger partial charge in [-0.25, -0.2) is 0 Å². The van der Waals surface area contributed by atoms with Gasteiger partial charge in [-0.3, -0.25) is 4.79 Å². The Hall–Kier alpha value is -1.11. The van der Waals surface area contributed by atoms with Crippen LogP contribution in [-0.2, 0) is 4.79 Å². The van der Waals surface area contributed by atoms with Crippen LogP contribution in [0.2, 0.25) is 5.02 Å². The highest BCUT2D eigenvalue weighted by Crippen LogP contribution is 2.29. The molecule has 1 aliphatic rings. The first-order chi connectivity index (χ1) is 11.4. The molecule has 1 saturated carbocycles. The van der Waals surface area contributed by atoms with E-state index in [-0.39, 0.29) is 0 Å². The number of carbonyl (C=O) groups excluding carboxylic acids is 1. The third kappa shape index (κ3) is 6.79. The van der Waals surface area contributed by atoms with Gasteiger partial charge in [0.05, 0.1) is 10.6 Å². The zero-order valence-electron chi connectivity index (χ0n) is 14.7. The van der Waals surface area contributed by atoms with Gasteiger partial charge in [0, 0.05) is 17.3 Å². The fourth-order valence-electron chi connectivity index (χ4n) is 2.48. The molecule has 0 atom stereocenters. The number of unbranched alkanes of at least 4 members (excludes halogenated alkanes) is 1. The largest absolute Gasteiger partial charge is 0.300 e. The molecular formula is C20H25BrClNO. The number of Topliss-reactive ketones (excluding diaryl/α,β-unsaturated/α-hetero) is 1. The lowest BCUT2D eigenvalue weighted by molar-refractivity contribution is -0.120. The van der Waals surface area contributed by atoms with Gasteiger partial charge in [0.2, 0.25) is 0 Å². The minimum Gasteiger partial charge on any atom is -0.300 e. The van der Waals surface area contributed by atoms with Gasteiger partial charge in [-0.15, -0.1) is 0 Å². The third-order valence-corrected chi connectivity index (χ3v) is 5.20. The molecule has 4 heteroatoms. The number of hydrogen-bond donors (Lipinski definition) is 0. The van der Waals surface area contributed by atoms with E-state index in [1.165, 1.54) is 0 Å². The molecule has 130 valence electrons. The van der Waals surface area contributed by atoms with E-state index in [9.17, 15) is 4.79 Å². The molecule has 1 aromatic rings. The zero-order chi connectivity index (χ0) is 18.1. The summed E-state index contributed by atoms with van der Waals surface area (Å²) in [6, 6.07) is 5.75. The molecule has 0 unspecified atom stereocenters. The number of nitrogens with zero attached hydrogens (tertiary/aromatic N) is 1. The number of nitriles is 1. The topological polar surface area (TPSA) is 40.9 Å². The second-order valence-electron chi connectivity index (χ2n) is 6.32. The van der Waals surface area contributed by atoms with E-state index in [1.807, 2.05) is 19.1 Å². The van der Waals surface area contributed by atoms with Crippen molar-refractivity contribution in [2.45, 2.75) is 59.3 Å². The monoisotopic (exact) mass is 409 g/mol. The van der Waals surface area contributed by atoms with E-state index in [0.717, 1.165) is 60.1 Å². The van der Waals surface area contributed by atoms with Crippen LogP contribution in [0.3, 0.4) is 0 Å². The Kier molecular flexibility index (Phi) is 9.33. The summed E-state index contributed by atoms with van der Waals surface area (Å²) in [7, 11) is 0. The molecule has 0 saturated heterocycles. The maximum absolute atomic E-state index is 10.6. The van der Waals surface area contributed by atoms with Crippen LogP contribution in [-0.4, -0.2) is 5.78 Å². The number of benzene rings is 1. The number of halogens is 2. The van der Waals surface area contributed by atoms with Crippen LogP contribution in [0.4, 0.5) is 0 Å². The van der Waals surface area contributed by atoms with Crippen molar-refractivity contribution in [3.05, 3.63) is 39.9 Å². The molecule has 2 rings (SSSR count). The van der Waals surface area contributed by atoms with Gasteiger partial charge in [0.15, 0.2) is 0 Å². The van der Waals surface area contributed by atoms with E-state index in [0.29, 0.717) is 16.4 Å². The summed E-state index contributed by atoms with van der Waals surface area (Å²) in [5, 5.41) is 9.44. The predicted octanol–water partition coefficient (Wildman–Crippen LogP) is 6.82. The lowest BCUT2D eigenvalue weighted by atomic mass is 9.90. The number of ketones is 1. The molecule has 0 heterocycles. The summed E-state index contributed by atoms with van der Waals surface area (Å²) in [6.07, 6.45) is 8.16. The molecule has 24 heavy (non-hydrogen) atoms. The fourth-order valence-corrected chi connectivity index (χ4v) is 3.40. The van der Waals surface area contributed by atoms with Gasteiger partial charge in [0.1, 0.15) is 11.9 Å². The van der Waals surface area contributed by atoms with Crippen LogP contribution >= 0.6 is 27.5 Å². The van der Waals surface area contributed by atoms with E-state index >= 15 is 0 Å². The first kappa shape index (κ1) is 20.9. The standard InChI is InChI=1S/C13H13BrClN.C7H12O/c1-3-4-5-12(14)11-7-10(8-16)13(15)6-9(11)2;1-6-2-4-7(8)5-3-6/h5-7H,3-4H2,1-2H3;6H,2-5H2,1H3/b12-5+;. The van der Waals surface area contributed by atoms with Crippen molar-refractivity contribution < 1.29 is 4.79 Å². The van der Waals surface area contributed by atoms with E-state index in [4.69, 9.17) is 16.9 Å². The van der Waals surface area contributed by atoms with Crippen LogP contribution < -0.4 is 0 Å². The molecule has 0 bridgehead atoms. The highest BCUT2D eigenvalue weighted by Gasteiger charge is 2.13. The van der Waals surface area contributed by atoms with E-state index < -0.39 is 0 Å². The van der Waals surface area contributed by atoms with E-state index in [2.05, 4.69) is 41.9 Å². The Bertz CT molecular complexity index is 636. The first-order valence-electron chi connectivity index (χ1n) is 8.47. The summed E-state index contributed by atoms with van der Waals surface area (Å²) in [6.45, 7) is 6.34. The van der Waals surface area contributed by atoms with Crippen LogP contribution in [0.5, 0.6) is 0 Å². The van der Waals surface area contributed by atoms with Crippen molar-refractivity contribution in [1.29, 1.82) is 5.26 Å². The Labute approximate surface area is 159 Å². The number of carbonyl (C=O) groups is 1. The highest BCUT2D eigenvalue weighted by atomic mass is 79.9. The van der Waals surface area contributed by atoms with Gasteiger partial charge in [0.25, 0.3) is 0 Å². The molecule has 1 aromatic carbocycles. The molecule has 1 aliphatic carbocycles. The molecule has 2 nitrogen and oxygen atoms in total. The van der Waals surface area contributed by atoms with Gasteiger partial charge in [-0.1, -0.05) is 53.9 Å². The normalized spacial score (nSPS) is 15.5. The van der Waals surface area contributed by atoms with E-state index in [1.54, 1.807) is 0 Å². The second-order valence-corrected chi connectivity index (χ2v) is 7.58. The molecule has 1 fully saturated rings. The molecule has 0 aromatic heterocycles. The maximum Gasteiger partial charge on any atom is 0.132 e. The van der Waals surface area contributed by atoms with Gasteiger partial charge in [-0.2, -0.15) is 5.26 Å².